The van der Waals surface area contributed by atoms with Crippen molar-refractivity contribution in [3.63, 3.8) is 0 Å². The fourth-order valence-electron chi connectivity index (χ4n) is 7.04. The standard InChI is InChI=1S/C50H94NO8P/c1-3-5-7-9-11-13-15-17-19-21-23-25-27-29-31-33-35-37-39-41-43-50(54)57-46-48(52)47-59-60(55,56)58-45-44-51-49(53)42-40-38-36-34-32-30-28-26-24-22-20-18-16-14-12-10-8-6-4-2/h12,14,18,20,24,26,48,52H,3-11,13,15-17,19,21-23,25,27-47H2,1-2H3,(H,51,53)(H,55,56)/b14-12-,20-18-,26-24-. The summed E-state index contributed by atoms with van der Waals surface area (Å²) in [4.78, 5) is 34.0. The molecule has 2 unspecified atom stereocenters. The van der Waals surface area contributed by atoms with Crippen LogP contribution in [-0.4, -0.2) is 54.3 Å². The first-order valence-electron chi connectivity index (χ1n) is 25.0. The zero-order valence-electron chi connectivity index (χ0n) is 38.9. The summed E-state index contributed by atoms with van der Waals surface area (Å²) >= 11 is 0. The number of unbranched alkanes of at least 4 members (excludes halogenated alkanes) is 28. The first-order chi connectivity index (χ1) is 29.3. The SMILES string of the molecule is CCCCC/C=C\C/C=C\C/C=C\CCCCCCCCC(=O)NCCOP(=O)(O)OCC(O)COC(=O)CCCCCCCCCCCCCCCCCCCCCC. The smallest absolute Gasteiger partial charge is 0.463 e. The van der Waals surface area contributed by atoms with Gasteiger partial charge in [-0.1, -0.05) is 211 Å². The van der Waals surface area contributed by atoms with Crippen LogP contribution in [0.25, 0.3) is 0 Å². The topological polar surface area (TPSA) is 131 Å². The number of carbonyl (C=O) groups excluding carboxylic acids is 2. The fourth-order valence-corrected chi connectivity index (χ4v) is 7.79. The zero-order chi connectivity index (χ0) is 43.9. The van der Waals surface area contributed by atoms with E-state index in [0.29, 0.717) is 6.42 Å². The lowest BCUT2D eigenvalue weighted by atomic mass is 10.0. The van der Waals surface area contributed by atoms with Gasteiger partial charge in [-0.2, -0.15) is 0 Å². The van der Waals surface area contributed by atoms with E-state index < -0.39 is 26.5 Å². The number of aliphatic hydroxyl groups excluding tert-OH is 1. The monoisotopic (exact) mass is 868 g/mol. The quantitative estimate of drug-likeness (QED) is 0.0238. The molecule has 10 heteroatoms. The Hall–Kier alpha value is -1.77. The number of hydrogen-bond acceptors (Lipinski definition) is 7. The largest absolute Gasteiger partial charge is 0.472 e. The molecule has 0 aromatic rings. The Bertz CT molecular complexity index is 1080. The minimum Gasteiger partial charge on any atom is -0.463 e. The van der Waals surface area contributed by atoms with E-state index in [1.54, 1.807) is 0 Å². The van der Waals surface area contributed by atoms with Gasteiger partial charge in [-0.15, -0.1) is 0 Å². The van der Waals surface area contributed by atoms with Gasteiger partial charge in [-0.05, 0) is 51.4 Å². The van der Waals surface area contributed by atoms with Crippen LogP contribution < -0.4 is 5.32 Å². The molecule has 352 valence electrons. The number of amides is 1. The Kier molecular flexibility index (Phi) is 45.3. The molecule has 0 fully saturated rings. The second-order valence-electron chi connectivity index (χ2n) is 16.8. The van der Waals surface area contributed by atoms with Crippen LogP contribution in [0.1, 0.15) is 239 Å². The van der Waals surface area contributed by atoms with Gasteiger partial charge in [0.05, 0.1) is 13.2 Å². The van der Waals surface area contributed by atoms with Gasteiger partial charge in [0.2, 0.25) is 5.91 Å². The molecular weight excluding hydrogens is 774 g/mol. The predicted molar refractivity (Wildman–Crippen MR) is 252 cm³/mol. The number of nitrogens with one attached hydrogen (secondary N) is 1. The molecule has 0 spiro atoms. The number of esters is 1. The van der Waals surface area contributed by atoms with Gasteiger partial charge < -0.3 is 20.1 Å². The number of ether oxygens (including phenoxy) is 1. The van der Waals surface area contributed by atoms with E-state index in [0.717, 1.165) is 64.2 Å². The number of phosphoric ester groups is 1. The van der Waals surface area contributed by atoms with Crippen molar-refractivity contribution in [1.29, 1.82) is 0 Å². The average Bonchev–Trinajstić information content (AvgIpc) is 3.23. The minimum absolute atomic E-state index is 0.0753. The van der Waals surface area contributed by atoms with Gasteiger partial charge in [-0.3, -0.25) is 18.6 Å². The third-order valence-corrected chi connectivity index (χ3v) is 11.8. The fraction of sp³-hybridized carbons (Fsp3) is 0.840. The summed E-state index contributed by atoms with van der Waals surface area (Å²) in [7, 11) is -4.42. The number of hydrogen-bond donors (Lipinski definition) is 3. The molecule has 0 bridgehead atoms. The van der Waals surface area contributed by atoms with Crippen molar-refractivity contribution in [2.24, 2.45) is 0 Å². The summed E-state index contributed by atoms with van der Waals surface area (Å²) in [6.07, 6.45) is 53.6. The number of phosphoric acid groups is 1. The van der Waals surface area contributed by atoms with Crippen molar-refractivity contribution in [2.75, 3.05) is 26.4 Å². The molecule has 3 N–H and O–H groups in total. The van der Waals surface area contributed by atoms with Gasteiger partial charge in [0, 0.05) is 19.4 Å². The molecule has 60 heavy (non-hydrogen) atoms. The molecule has 0 aromatic heterocycles. The van der Waals surface area contributed by atoms with Crippen molar-refractivity contribution in [2.45, 2.75) is 245 Å². The molecule has 0 saturated carbocycles. The van der Waals surface area contributed by atoms with Gasteiger partial charge in [0.15, 0.2) is 0 Å². The highest BCUT2D eigenvalue weighted by Crippen LogP contribution is 2.42. The molecular formula is C50H94NO8P. The van der Waals surface area contributed by atoms with Crippen LogP contribution in [0.2, 0.25) is 0 Å². The van der Waals surface area contributed by atoms with Gasteiger partial charge in [-0.25, -0.2) is 4.57 Å². The summed E-state index contributed by atoms with van der Waals surface area (Å²) in [6.45, 7) is 3.55. The first kappa shape index (κ1) is 58.2. The van der Waals surface area contributed by atoms with Crippen LogP contribution in [-0.2, 0) is 27.9 Å². The Morgan fingerprint density at radius 1 is 0.517 bits per heavy atom. The molecule has 0 rings (SSSR count). The van der Waals surface area contributed by atoms with Crippen molar-refractivity contribution in [1.82, 2.24) is 5.32 Å². The van der Waals surface area contributed by atoms with Crippen LogP contribution in [0, 0.1) is 0 Å². The van der Waals surface area contributed by atoms with Crippen molar-refractivity contribution in [3.8, 4) is 0 Å². The van der Waals surface area contributed by atoms with E-state index in [-0.39, 0.29) is 32.1 Å². The maximum Gasteiger partial charge on any atom is 0.472 e. The number of aliphatic hydroxyl groups is 1. The lowest BCUT2D eigenvalue weighted by Crippen LogP contribution is -2.27. The van der Waals surface area contributed by atoms with Crippen molar-refractivity contribution in [3.05, 3.63) is 36.5 Å². The summed E-state index contributed by atoms with van der Waals surface area (Å²) in [6, 6.07) is 0. The highest BCUT2D eigenvalue weighted by Gasteiger charge is 2.23. The summed E-state index contributed by atoms with van der Waals surface area (Å²) in [5, 5.41) is 12.7. The molecule has 0 radical (unpaired) electrons. The second kappa shape index (κ2) is 46.7. The molecule has 9 nitrogen and oxygen atoms in total. The first-order valence-corrected chi connectivity index (χ1v) is 26.5. The number of carbonyl (C=O) groups is 2. The van der Waals surface area contributed by atoms with Crippen molar-refractivity contribution >= 4 is 19.7 Å². The molecule has 0 saturated heterocycles. The highest BCUT2D eigenvalue weighted by molar-refractivity contribution is 7.47. The van der Waals surface area contributed by atoms with E-state index in [9.17, 15) is 24.2 Å². The van der Waals surface area contributed by atoms with Gasteiger partial charge in [0.1, 0.15) is 12.7 Å². The average molecular weight is 868 g/mol. The number of rotatable bonds is 47. The highest BCUT2D eigenvalue weighted by atomic mass is 31.2. The maximum absolute atomic E-state index is 12.1. The van der Waals surface area contributed by atoms with E-state index in [1.165, 1.54) is 148 Å². The third-order valence-electron chi connectivity index (χ3n) is 10.8. The minimum atomic E-state index is -4.42. The van der Waals surface area contributed by atoms with Crippen LogP contribution in [0.15, 0.2) is 36.5 Å². The second-order valence-corrected chi connectivity index (χ2v) is 18.2. The molecule has 0 aliphatic rings. The Labute approximate surface area is 369 Å². The predicted octanol–water partition coefficient (Wildman–Crippen LogP) is 14.5. The van der Waals surface area contributed by atoms with E-state index in [4.69, 9.17) is 13.8 Å². The Morgan fingerprint density at radius 2 is 0.900 bits per heavy atom. The summed E-state index contributed by atoms with van der Waals surface area (Å²) < 4.78 is 27.0. The maximum atomic E-state index is 12.1. The van der Waals surface area contributed by atoms with Gasteiger partial charge in [0.25, 0.3) is 0 Å². The lowest BCUT2D eigenvalue weighted by molar-refractivity contribution is -0.147. The van der Waals surface area contributed by atoms with E-state index in [2.05, 4.69) is 55.6 Å². The molecule has 2 atom stereocenters. The third kappa shape index (κ3) is 47.3. The molecule has 0 heterocycles. The van der Waals surface area contributed by atoms with Crippen molar-refractivity contribution < 1.29 is 37.9 Å². The summed E-state index contributed by atoms with van der Waals surface area (Å²) in [5.41, 5.74) is 0. The number of allylic oxidation sites excluding steroid dienone is 6. The molecule has 1 amide bonds. The van der Waals surface area contributed by atoms with E-state index >= 15 is 0 Å². The molecule has 0 aliphatic carbocycles. The summed E-state index contributed by atoms with van der Waals surface area (Å²) in [5.74, 6) is -0.521. The Morgan fingerprint density at radius 3 is 1.38 bits per heavy atom. The Balaban J connectivity index is 3.57. The van der Waals surface area contributed by atoms with E-state index in [1.807, 2.05) is 0 Å². The molecule has 0 aromatic carbocycles. The normalized spacial score (nSPS) is 13.5. The van der Waals surface area contributed by atoms with Crippen LogP contribution in [0.5, 0.6) is 0 Å². The van der Waals surface area contributed by atoms with Crippen LogP contribution >= 0.6 is 7.82 Å². The zero-order valence-corrected chi connectivity index (χ0v) is 39.8. The van der Waals surface area contributed by atoms with Gasteiger partial charge >= 0.3 is 13.8 Å². The lowest BCUT2D eigenvalue weighted by Gasteiger charge is -2.15. The van der Waals surface area contributed by atoms with Crippen LogP contribution in [0.4, 0.5) is 0 Å². The molecule has 0 aliphatic heterocycles. The van der Waals surface area contributed by atoms with Crippen LogP contribution in [0.3, 0.4) is 0 Å².